The minimum Gasteiger partial charge on any atom is -0.325 e. The van der Waals surface area contributed by atoms with E-state index in [0.29, 0.717) is 18.5 Å². The number of imide groups is 1. The Hall–Kier alpha value is -2.56. The molecule has 0 aliphatic carbocycles. The lowest BCUT2D eigenvalue weighted by molar-refractivity contribution is -0.120. The number of carbonyl (C=O) groups is 3. The highest BCUT2D eigenvalue weighted by molar-refractivity contribution is 7.91. The Bertz CT molecular complexity index is 1100. The number of nitrogens with zero attached hydrogens (tertiary/aromatic N) is 2. The van der Waals surface area contributed by atoms with Crippen LogP contribution in [0, 0.1) is 0 Å². The van der Waals surface area contributed by atoms with Crippen LogP contribution in [0.25, 0.3) is 0 Å². The molecular weight excluding hydrogens is 414 g/mol. The number of thiophene rings is 1. The molecule has 1 N–H and O–H groups in total. The minimum absolute atomic E-state index is 0.210. The molecule has 3 amide bonds. The van der Waals surface area contributed by atoms with Gasteiger partial charge in [-0.1, -0.05) is 12.5 Å². The number of piperidine rings is 1. The maximum absolute atomic E-state index is 13.0. The third-order valence-electron chi connectivity index (χ3n) is 5.17. The first kappa shape index (κ1) is 19.7. The summed E-state index contributed by atoms with van der Waals surface area (Å²) in [5, 5.41) is 4.40. The van der Waals surface area contributed by atoms with E-state index in [-0.39, 0.29) is 27.8 Å². The third-order valence-corrected chi connectivity index (χ3v) is 8.45. The van der Waals surface area contributed by atoms with Gasteiger partial charge in [0, 0.05) is 19.3 Å². The van der Waals surface area contributed by atoms with Crippen molar-refractivity contribution in [3.05, 3.63) is 46.8 Å². The maximum atomic E-state index is 13.0. The first-order valence-corrected chi connectivity index (χ1v) is 11.5. The van der Waals surface area contributed by atoms with Crippen molar-refractivity contribution in [1.29, 1.82) is 0 Å². The van der Waals surface area contributed by atoms with E-state index in [1.165, 1.54) is 29.6 Å². The molecule has 1 fully saturated rings. The van der Waals surface area contributed by atoms with E-state index in [2.05, 4.69) is 5.32 Å². The van der Waals surface area contributed by atoms with Crippen LogP contribution in [0.1, 0.15) is 40.0 Å². The summed E-state index contributed by atoms with van der Waals surface area (Å²) in [5.41, 5.74) is 0.862. The van der Waals surface area contributed by atoms with E-state index in [1.54, 1.807) is 17.5 Å². The number of anilines is 1. The van der Waals surface area contributed by atoms with Crippen molar-refractivity contribution in [2.24, 2.45) is 0 Å². The van der Waals surface area contributed by atoms with Gasteiger partial charge in [0.1, 0.15) is 10.3 Å². The second-order valence-corrected chi connectivity index (χ2v) is 10.0. The Labute approximate surface area is 172 Å². The molecule has 2 aliphatic rings. The molecule has 152 valence electrons. The number of rotatable bonds is 4. The van der Waals surface area contributed by atoms with Crippen molar-refractivity contribution in [2.45, 2.75) is 29.5 Å². The fourth-order valence-electron chi connectivity index (χ4n) is 3.65. The maximum Gasteiger partial charge on any atom is 0.261 e. The molecule has 29 heavy (non-hydrogen) atoms. The number of hydrogen-bond acceptors (Lipinski definition) is 6. The molecule has 1 unspecified atom stereocenters. The molecule has 1 saturated heterocycles. The first-order chi connectivity index (χ1) is 13.8. The van der Waals surface area contributed by atoms with Gasteiger partial charge in [0.2, 0.25) is 5.91 Å². The summed E-state index contributed by atoms with van der Waals surface area (Å²) >= 11 is 1.12. The van der Waals surface area contributed by atoms with Crippen molar-refractivity contribution >= 4 is 44.8 Å². The SMILES string of the molecule is CN1C(=O)c2ccc(NC(=O)C3CCCCN3S(=O)(=O)c3cccs3)cc2C1=O. The standard InChI is InChI=1S/C19H19N3O5S2/c1-21-18(24)13-8-7-12(11-14(13)19(21)25)20-17(23)15-5-2-3-9-22(15)29(26,27)16-6-4-10-28-16/h4,6-8,10-11,15H,2-3,5,9H2,1H3,(H,20,23). The Balaban J connectivity index is 1.58. The number of sulfonamides is 1. The van der Waals surface area contributed by atoms with Crippen LogP contribution >= 0.6 is 11.3 Å². The van der Waals surface area contributed by atoms with Crippen LogP contribution < -0.4 is 5.32 Å². The highest BCUT2D eigenvalue weighted by Crippen LogP contribution is 2.29. The van der Waals surface area contributed by atoms with Gasteiger partial charge in [-0.2, -0.15) is 4.31 Å². The van der Waals surface area contributed by atoms with Crippen LogP contribution in [0.3, 0.4) is 0 Å². The summed E-state index contributed by atoms with van der Waals surface area (Å²) in [7, 11) is -2.35. The molecule has 4 rings (SSSR count). The van der Waals surface area contributed by atoms with Crippen molar-refractivity contribution in [3.8, 4) is 0 Å². The van der Waals surface area contributed by atoms with Gasteiger partial charge in [-0.15, -0.1) is 11.3 Å². The lowest BCUT2D eigenvalue weighted by Gasteiger charge is -2.33. The zero-order valence-electron chi connectivity index (χ0n) is 15.6. The van der Waals surface area contributed by atoms with Crippen molar-refractivity contribution < 1.29 is 22.8 Å². The largest absolute Gasteiger partial charge is 0.325 e. The molecule has 10 heteroatoms. The predicted molar refractivity (Wildman–Crippen MR) is 107 cm³/mol. The van der Waals surface area contributed by atoms with Crippen LogP contribution in [-0.4, -0.2) is 55.0 Å². The molecule has 8 nitrogen and oxygen atoms in total. The number of fused-ring (bicyclic) bond motifs is 1. The summed E-state index contributed by atoms with van der Waals surface area (Å²) in [4.78, 5) is 38.1. The quantitative estimate of drug-likeness (QED) is 0.744. The third kappa shape index (κ3) is 3.37. The molecule has 0 spiro atoms. The van der Waals surface area contributed by atoms with E-state index in [1.807, 2.05) is 0 Å². The Morgan fingerprint density at radius 3 is 2.62 bits per heavy atom. The summed E-state index contributed by atoms with van der Waals surface area (Å²) in [5.74, 6) is -1.26. The van der Waals surface area contributed by atoms with Gasteiger partial charge in [-0.05, 0) is 42.5 Å². The number of benzene rings is 1. The fraction of sp³-hybridized carbons (Fsp3) is 0.316. The smallest absolute Gasteiger partial charge is 0.261 e. The number of hydrogen-bond donors (Lipinski definition) is 1. The molecule has 1 aromatic heterocycles. The molecule has 0 saturated carbocycles. The monoisotopic (exact) mass is 433 g/mol. The van der Waals surface area contributed by atoms with Gasteiger partial charge in [0.05, 0.1) is 11.1 Å². The van der Waals surface area contributed by atoms with E-state index >= 15 is 0 Å². The predicted octanol–water partition coefficient (Wildman–Crippen LogP) is 2.16. The van der Waals surface area contributed by atoms with Gasteiger partial charge in [-0.25, -0.2) is 8.42 Å². The zero-order chi connectivity index (χ0) is 20.8. The van der Waals surface area contributed by atoms with Crippen LogP contribution in [-0.2, 0) is 14.8 Å². The number of nitrogens with one attached hydrogen (secondary N) is 1. The second kappa shape index (κ2) is 7.36. The van der Waals surface area contributed by atoms with Crippen molar-refractivity contribution in [1.82, 2.24) is 9.21 Å². The van der Waals surface area contributed by atoms with Crippen LogP contribution in [0.5, 0.6) is 0 Å². The van der Waals surface area contributed by atoms with Crippen LogP contribution in [0.15, 0.2) is 39.9 Å². The summed E-state index contributed by atoms with van der Waals surface area (Å²) in [6.45, 7) is 0.278. The molecule has 1 atom stereocenters. The summed E-state index contributed by atoms with van der Waals surface area (Å²) < 4.78 is 27.4. The van der Waals surface area contributed by atoms with Crippen LogP contribution in [0.4, 0.5) is 5.69 Å². The molecule has 0 radical (unpaired) electrons. The fourth-order valence-corrected chi connectivity index (χ4v) is 6.42. The second-order valence-electron chi connectivity index (χ2n) is 6.98. The van der Waals surface area contributed by atoms with Crippen molar-refractivity contribution in [3.63, 3.8) is 0 Å². The van der Waals surface area contributed by atoms with Gasteiger partial charge >= 0.3 is 0 Å². The van der Waals surface area contributed by atoms with Crippen molar-refractivity contribution in [2.75, 3.05) is 18.9 Å². The topological polar surface area (TPSA) is 104 Å². The molecular formula is C19H19N3O5S2. The molecule has 0 bridgehead atoms. The average Bonchev–Trinajstić information content (AvgIpc) is 3.33. The summed E-state index contributed by atoms with van der Waals surface area (Å²) in [6.07, 6.45) is 1.86. The number of carbonyl (C=O) groups excluding carboxylic acids is 3. The number of amides is 3. The lowest BCUT2D eigenvalue weighted by Crippen LogP contribution is -2.49. The summed E-state index contributed by atoms with van der Waals surface area (Å²) in [6, 6.07) is 6.86. The van der Waals surface area contributed by atoms with Crippen LogP contribution in [0.2, 0.25) is 0 Å². The minimum atomic E-state index is -3.75. The van der Waals surface area contributed by atoms with Gasteiger partial charge < -0.3 is 5.32 Å². The molecule has 3 heterocycles. The lowest BCUT2D eigenvalue weighted by atomic mass is 10.0. The zero-order valence-corrected chi connectivity index (χ0v) is 17.3. The first-order valence-electron chi connectivity index (χ1n) is 9.13. The Morgan fingerprint density at radius 2 is 1.90 bits per heavy atom. The highest BCUT2D eigenvalue weighted by Gasteiger charge is 2.38. The van der Waals surface area contributed by atoms with E-state index in [0.717, 1.165) is 22.7 Å². The van der Waals surface area contributed by atoms with E-state index in [4.69, 9.17) is 0 Å². The van der Waals surface area contributed by atoms with Gasteiger partial charge in [-0.3, -0.25) is 19.3 Å². The Morgan fingerprint density at radius 1 is 1.14 bits per heavy atom. The van der Waals surface area contributed by atoms with E-state index < -0.39 is 27.9 Å². The molecule has 2 aliphatic heterocycles. The molecule has 2 aromatic rings. The highest BCUT2D eigenvalue weighted by atomic mass is 32.2. The van der Waals surface area contributed by atoms with Gasteiger partial charge in [0.25, 0.3) is 21.8 Å². The normalized spacial score (nSPS) is 20.0. The van der Waals surface area contributed by atoms with E-state index in [9.17, 15) is 22.8 Å². The molecule has 1 aromatic carbocycles. The Kier molecular flexibility index (Phi) is 5.01. The van der Waals surface area contributed by atoms with Gasteiger partial charge in [0.15, 0.2) is 0 Å². The average molecular weight is 434 g/mol.